The lowest BCUT2D eigenvalue weighted by molar-refractivity contribution is 0.214. The zero-order valence-corrected chi connectivity index (χ0v) is 14.3. The molecule has 2 unspecified atom stereocenters. The van der Waals surface area contributed by atoms with Crippen molar-refractivity contribution in [2.75, 3.05) is 5.32 Å². The number of benzene rings is 1. The number of thiophene rings is 1. The summed E-state index contributed by atoms with van der Waals surface area (Å²) in [6.45, 7) is 7.20. The van der Waals surface area contributed by atoms with Crippen LogP contribution >= 0.6 is 11.3 Å². The Morgan fingerprint density at radius 1 is 1.05 bits per heavy atom. The van der Waals surface area contributed by atoms with Crippen molar-refractivity contribution in [1.29, 1.82) is 0 Å². The summed E-state index contributed by atoms with van der Waals surface area (Å²) in [5, 5.41) is 7.32. The molecule has 0 radical (unpaired) electrons. The van der Waals surface area contributed by atoms with Gasteiger partial charge in [0.1, 0.15) is 0 Å². The third-order valence-corrected chi connectivity index (χ3v) is 5.91. The standard InChI is InChI=1S/C19H27NS/c1-19(2,3)15-5-4-6-16(8-7-15)20-17-9-10-18-14(13-17)11-12-21-18/h9-13,15-16,20H,4-8H2,1-3H3. The van der Waals surface area contributed by atoms with Gasteiger partial charge in [-0.3, -0.25) is 0 Å². The van der Waals surface area contributed by atoms with E-state index in [2.05, 4.69) is 55.7 Å². The highest BCUT2D eigenvalue weighted by molar-refractivity contribution is 7.17. The van der Waals surface area contributed by atoms with Gasteiger partial charge < -0.3 is 5.32 Å². The molecule has 0 aliphatic heterocycles. The third-order valence-electron chi connectivity index (χ3n) is 5.02. The Balaban J connectivity index is 1.65. The van der Waals surface area contributed by atoms with E-state index in [1.807, 2.05) is 11.3 Å². The van der Waals surface area contributed by atoms with E-state index in [4.69, 9.17) is 0 Å². The predicted octanol–water partition coefficient (Wildman–Crippen LogP) is 6.31. The van der Waals surface area contributed by atoms with Gasteiger partial charge in [-0.15, -0.1) is 11.3 Å². The fourth-order valence-corrected chi connectivity index (χ4v) is 4.38. The van der Waals surface area contributed by atoms with Gasteiger partial charge in [0, 0.05) is 16.4 Å². The minimum absolute atomic E-state index is 0.463. The maximum atomic E-state index is 3.78. The van der Waals surface area contributed by atoms with E-state index >= 15 is 0 Å². The number of nitrogens with one attached hydrogen (secondary N) is 1. The molecule has 0 spiro atoms. The molecule has 21 heavy (non-hydrogen) atoms. The first-order chi connectivity index (χ1) is 10.0. The van der Waals surface area contributed by atoms with Crippen molar-refractivity contribution in [3.8, 4) is 0 Å². The quantitative estimate of drug-likeness (QED) is 0.641. The molecular weight excluding hydrogens is 274 g/mol. The van der Waals surface area contributed by atoms with Gasteiger partial charge in [-0.05, 0) is 72.0 Å². The minimum Gasteiger partial charge on any atom is -0.382 e. The lowest BCUT2D eigenvalue weighted by Crippen LogP contribution is -2.21. The monoisotopic (exact) mass is 301 g/mol. The predicted molar refractivity (Wildman–Crippen MR) is 95.3 cm³/mol. The van der Waals surface area contributed by atoms with Gasteiger partial charge in [0.25, 0.3) is 0 Å². The van der Waals surface area contributed by atoms with Gasteiger partial charge in [0.2, 0.25) is 0 Å². The van der Waals surface area contributed by atoms with Gasteiger partial charge in [-0.2, -0.15) is 0 Å². The van der Waals surface area contributed by atoms with Gasteiger partial charge in [-0.25, -0.2) is 0 Å². The van der Waals surface area contributed by atoms with E-state index in [0.717, 1.165) is 5.92 Å². The van der Waals surface area contributed by atoms with Crippen LogP contribution in [0.15, 0.2) is 29.6 Å². The molecule has 114 valence electrons. The first-order valence-electron chi connectivity index (χ1n) is 8.26. The Hall–Kier alpha value is -1.02. The van der Waals surface area contributed by atoms with Crippen molar-refractivity contribution >= 4 is 27.1 Å². The zero-order valence-electron chi connectivity index (χ0n) is 13.5. The largest absolute Gasteiger partial charge is 0.382 e. The van der Waals surface area contributed by atoms with Crippen LogP contribution in [0.3, 0.4) is 0 Å². The van der Waals surface area contributed by atoms with Crippen LogP contribution < -0.4 is 5.32 Å². The van der Waals surface area contributed by atoms with Crippen molar-refractivity contribution in [2.24, 2.45) is 11.3 Å². The van der Waals surface area contributed by atoms with E-state index in [-0.39, 0.29) is 0 Å². The maximum absolute atomic E-state index is 3.78. The molecule has 1 aromatic heterocycles. The van der Waals surface area contributed by atoms with Crippen LogP contribution in [0, 0.1) is 11.3 Å². The second kappa shape index (κ2) is 6.00. The van der Waals surface area contributed by atoms with Gasteiger partial charge in [0.15, 0.2) is 0 Å². The summed E-state index contributed by atoms with van der Waals surface area (Å²) in [7, 11) is 0. The molecule has 1 saturated carbocycles. The van der Waals surface area contributed by atoms with E-state index in [1.54, 1.807) is 0 Å². The molecule has 2 aromatic rings. The van der Waals surface area contributed by atoms with Crippen LogP contribution in [0.25, 0.3) is 10.1 Å². The molecule has 0 amide bonds. The Morgan fingerprint density at radius 3 is 2.71 bits per heavy atom. The van der Waals surface area contributed by atoms with Crippen LogP contribution in [0.1, 0.15) is 52.9 Å². The Kier molecular flexibility index (Phi) is 4.26. The summed E-state index contributed by atoms with van der Waals surface area (Å²) < 4.78 is 1.38. The van der Waals surface area contributed by atoms with Crippen LogP contribution in [-0.2, 0) is 0 Å². The smallest absolute Gasteiger partial charge is 0.0349 e. The summed E-state index contributed by atoms with van der Waals surface area (Å²) in [5.74, 6) is 0.878. The second-order valence-electron chi connectivity index (χ2n) is 7.59. The number of hydrogen-bond donors (Lipinski definition) is 1. The van der Waals surface area contributed by atoms with Crippen molar-refractivity contribution < 1.29 is 0 Å². The van der Waals surface area contributed by atoms with Crippen LogP contribution in [0.5, 0.6) is 0 Å². The zero-order chi connectivity index (χ0) is 14.9. The topological polar surface area (TPSA) is 12.0 Å². The molecule has 1 aromatic carbocycles. The lowest BCUT2D eigenvalue weighted by atomic mass is 9.76. The number of hydrogen-bond acceptors (Lipinski definition) is 2. The maximum Gasteiger partial charge on any atom is 0.0349 e. The molecule has 1 aliphatic carbocycles. The Labute approximate surface area is 132 Å². The highest BCUT2D eigenvalue weighted by Gasteiger charge is 2.27. The Morgan fingerprint density at radius 2 is 1.90 bits per heavy atom. The van der Waals surface area contributed by atoms with Crippen molar-refractivity contribution in [1.82, 2.24) is 0 Å². The number of rotatable bonds is 2. The molecule has 1 heterocycles. The van der Waals surface area contributed by atoms with E-state index < -0.39 is 0 Å². The van der Waals surface area contributed by atoms with Gasteiger partial charge in [-0.1, -0.05) is 27.2 Å². The molecule has 1 fully saturated rings. The normalized spacial score (nSPS) is 24.0. The summed E-state index contributed by atoms with van der Waals surface area (Å²) in [5.41, 5.74) is 1.75. The first-order valence-corrected chi connectivity index (χ1v) is 9.14. The molecule has 1 aliphatic rings. The minimum atomic E-state index is 0.463. The molecule has 2 atom stereocenters. The fourth-order valence-electron chi connectivity index (χ4n) is 3.60. The van der Waals surface area contributed by atoms with Gasteiger partial charge in [0.05, 0.1) is 0 Å². The molecular formula is C19H27NS. The average Bonchev–Trinajstić information content (AvgIpc) is 2.75. The molecule has 3 rings (SSSR count). The number of anilines is 1. The summed E-state index contributed by atoms with van der Waals surface area (Å²) in [6, 6.07) is 9.65. The van der Waals surface area contributed by atoms with E-state index in [0.29, 0.717) is 11.5 Å². The van der Waals surface area contributed by atoms with Gasteiger partial charge >= 0.3 is 0 Å². The fraction of sp³-hybridized carbons (Fsp3) is 0.579. The highest BCUT2D eigenvalue weighted by Crippen LogP contribution is 2.37. The van der Waals surface area contributed by atoms with Crippen LogP contribution in [-0.4, -0.2) is 6.04 Å². The number of fused-ring (bicyclic) bond motifs is 1. The van der Waals surface area contributed by atoms with Crippen LogP contribution in [0.2, 0.25) is 0 Å². The summed E-state index contributed by atoms with van der Waals surface area (Å²) in [6.07, 6.45) is 6.74. The lowest BCUT2D eigenvalue weighted by Gasteiger charge is -2.29. The van der Waals surface area contributed by atoms with Crippen LogP contribution in [0.4, 0.5) is 5.69 Å². The first kappa shape index (κ1) is 14.9. The molecule has 2 heteroatoms. The molecule has 1 N–H and O–H groups in total. The summed E-state index contributed by atoms with van der Waals surface area (Å²) in [4.78, 5) is 0. The van der Waals surface area contributed by atoms with E-state index in [1.165, 1.54) is 47.9 Å². The second-order valence-corrected chi connectivity index (χ2v) is 8.53. The van der Waals surface area contributed by atoms with Crippen molar-refractivity contribution in [3.63, 3.8) is 0 Å². The SMILES string of the molecule is CC(C)(C)C1CCCC(Nc2ccc3sccc3c2)CC1. The molecule has 0 bridgehead atoms. The molecule has 1 nitrogen and oxygen atoms in total. The highest BCUT2D eigenvalue weighted by atomic mass is 32.1. The van der Waals surface area contributed by atoms with Crippen molar-refractivity contribution in [2.45, 2.75) is 58.9 Å². The molecule has 0 saturated heterocycles. The third kappa shape index (κ3) is 3.60. The van der Waals surface area contributed by atoms with E-state index in [9.17, 15) is 0 Å². The Bertz CT molecular complexity index is 593. The van der Waals surface area contributed by atoms with Crippen molar-refractivity contribution in [3.05, 3.63) is 29.6 Å². The average molecular weight is 301 g/mol. The summed E-state index contributed by atoms with van der Waals surface area (Å²) >= 11 is 1.82.